The van der Waals surface area contributed by atoms with Gasteiger partial charge in [0.2, 0.25) is 0 Å². The highest BCUT2D eigenvalue weighted by atomic mass is 35.5. The van der Waals surface area contributed by atoms with E-state index in [4.69, 9.17) is 33.0 Å². The molecule has 0 spiro atoms. The normalized spacial score (nSPS) is 10.9. The first-order valence-electron chi connectivity index (χ1n) is 6.23. The van der Waals surface area contributed by atoms with Gasteiger partial charge in [-0.05, 0) is 35.9 Å². The van der Waals surface area contributed by atoms with Gasteiger partial charge in [0.1, 0.15) is 18.2 Å². The van der Waals surface area contributed by atoms with E-state index in [-0.39, 0.29) is 11.6 Å². The Balaban J connectivity index is 2.08. The van der Waals surface area contributed by atoms with Gasteiger partial charge in [-0.25, -0.2) is 9.18 Å². The zero-order valence-electron chi connectivity index (χ0n) is 11.2. The third-order valence-corrected chi connectivity index (χ3v) is 3.42. The van der Waals surface area contributed by atoms with Gasteiger partial charge >= 0.3 is 5.97 Å². The van der Waals surface area contributed by atoms with Crippen LogP contribution < -0.4 is 4.74 Å². The maximum atomic E-state index is 13.0. The number of ether oxygens (including phenoxy) is 1. The SMILES string of the molecule is O=C(O)/C=C/c1ccc(OCc2ccc(F)cc2Cl)c(Cl)c1. The Morgan fingerprint density at radius 3 is 2.59 bits per heavy atom. The summed E-state index contributed by atoms with van der Waals surface area (Å²) >= 11 is 12.0. The molecule has 0 aromatic heterocycles. The number of carboxylic acids is 1. The zero-order valence-corrected chi connectivity index (χ0v) is 12.7. The van der Waals surface area contributed by atoms with Crippen LogP contribution in [0.15, 0.2) is 42.5 Å². The lowest BCUT2D eigenvalue weighted by molar-refractivity contribution is -0.131. The molecule has 114 valence electrons. The predicted molar refractivity (Wildman–Crippen MR) is 83.9 cm³/mol. The van der Waals surface area contributed by atoms with E-state index >= 15 is 0 Å². The number of halogens is 3. The lowest BCUT2D eigenvalue weighted by Gasteiger charge is -2.10. The second kappa shape index (κ2) is 7.29. The van der Waals surface area contributed by atoms with Gasteiger partial charge in [0, 0.05) is 11.6 Å². The van der Waals surface area contributed by atoms with Crippen LogP contribution in [0.1, 0.15) is 11.1 Å². The largest absolute Gasteiger partial charge is 0.487 e. The summed E-state index contributed by atoms with van der Waals surface area (Å²) < 4.78 is 18.5. The minimum Gasteiger partial charge on any atom is -0.487 e. The van der Waals surface area contributed by atoms with Crippen molar-refractivity contribution in [1.29, 1.82) is 0 Å². The van der Waals surface area contributed by atoms with Crippen LogP contribution in [0.2, 0.25) is 10.0 Å². The third kappa shape index (κ3) is 4.48. The number of hydrogen-bond acceptors (Lipinski definition) is 2. The molecule has 0 atom stereocenters. The molecule has 2 rings (SSSR count). The summed E-state index contributed by atoms with van der Waals surface area (Å²) in [6.07, 6.45) is 2.44. The first kappa shape index (κ1) is 16.3. The zero-order chi connectivity index (χ0) is 16.1. The van der Waals surface area contributed by atoms with Gasteiger partial charge < -0.3 is 9.84 Å². The molecule has 2 aromatic carbocycles. The summed E-state index contributed by atoms with van der Waals surface area (Å²) in [5.74, 6) is -1.03. The number of hydrogen-bond donors (Lipinski definition) is 1. The molecule has 0 saturated carbocycles. The van der Waals surface area contributed by atoms with E-state index in [1.165, 1.54) is 24.3 Å². The van der Waals surface area contributed by atoms with Crippen molar-refractivity contribution >= 4 is 35.2 Å². The van der Waals surface area contributed by atoms with Crippen LogP contribution in [-0.2, 0) is 11.4 Å². The van der Waals surface area contributed by atoms with E-state index in [2.05, 4.69) is 0 Å². The van der Waals surface area contributed by atoms with Crippen molar-refractivity contribution in [2.75, 3.05) is 0 Å². The average molecular weight is 341 g/mol. The Morgan fingerprint density at radius 1 is 1.18 bits per heavy atom. The molecular formula is C16H11Cl2FO3. The monoisotopic (exact) mass is 340 g/mol. The molecular weight excluding hydrogens is 330 g/mol. The maximum Gasteiger partial charge on any atom is 0.328 e. The Bertz CT molecular complexity index is 729. The van der Waals surface area contributed by atoms with Crippen LogP contribution in [0, 0.1) is 5.82 Å². The van der Waals surface area contributed by atoms with Crippen LogP contribution in [0.25, 0.3) is 6.08 Å². The number of rotatable bonds is 5. The number of aliphatic carboxylic acids is 1. The molecule has 0 amide bonds. The van der Waals surface area contributed by atoms with E-state index in [0.717, 1.165) is 6.08 Å². The van der Waals surface area contributed by atoms with Crippen molar-refractivity contribution in [2.45, 2.75) is 6.61 Å². The van der Waals surface area contributed by atoms with Crippen molar-refractivity contribution < 1.29 is 19.0 Å². The highest BCUT2D eigenvalue weighted by Crippen LogP contribution is 2.28. The summed E-state index contributed by atoms with van der Waals surface area (Å²) in [6.45, 7) is 0.142. The second-order valence-electron chi connectivity index (χ2n) is 4.39. The smallest absolute Gasteiger partial charge is 0.328 e. The molecule has 22 heavy (non-hydrogen) atoms. The molecule has 0 aliphatic carbocycles. The molecule has 0 aliphatic rings. The average Bonchev–Trinajstić information content (AvgIpc) is 2.45. The van der Waals surface area contributed by atoms with Gasteiger partial charge in [0.05, 0.1) is 10.0 Å². The molecule has 0 aliphatic heterocycles. The Labute approximate surface area is 136 Å². The molecule has 6 heteroatoms. The molecule has 0 bridgehead atoms. The molecule has 0 heterocycles. The Kier molecular flexibility index (Phi) is 5.41. The predicted octanol–water partition coefficient (Wildman–Crippen LogP) is 4.81. The minimum atomic E-state index is -1.04. The second-order valence-corrected chi connectivity index (χ2v) is 5.20. The minimum absolute atomic E-state index is 0.142. The summed E-state index contributed by atoms with van der Waals surface area (Å²) in [7, 11) is 0. The van der Waals surface area contributed by atoms with E-state index in [9.17, 15) is 9.18 Å². The number of carboxylic acid groups (broad SMARTS) is 1. The van der Waals surface area contributed by atoms with Gasteiger partial charge in [-0.3, -0.25) is 0 Å². The van der Waals surface area contributed by atoms with Crippen LogP contribution in [0.3, 0.4) is 0 Å². The molecule has 0 saturated heterocycles. The standard InChI is InChI=1S/C16H11Cl2FO3/c17-13-8-12(19)4-3-11(13)9-22-15-5-1-10(7-14(15)18)2-6-16(20)21/h1-8H,9H2,(H,20,21)/b6-2+. The van der Waals surface area contributed by atoms with Gasteiger partial charge in [-0.15, -0.1) is 0 Å². The first-order chi connectivity index (χ1) is 10.5. The number of carbonyl (C=O) groups is 1. The number of benzene rings is 2. The highest BCUT2D eigenvalue weighted by Gasteiger charge is 2.06. The van der Waals surface area contributed by atoms with Gasteiger partial charge in [-0.1, -0.05) is 35.3 Å². The molecule has 1 N–H and O–H groups in total. The first-order valence-corrected chi connectivity index (χ1v) is 6.98. The fourth-order valence-electron chi connectivity index (χ4n) is 1.70. The van der Waals surface area contributed by atoms with Crippen LogP contribution in [0.5, 0.6) is 5.75 Å². The summed E-state index contributed by atoms with van der Waals surface area (Å²) in [6, 6.07) is 8.93. The van der Waals surface area contributed by atoms with Crippen LogP contribution in [-0.4, -0.2) is 11.1 Å². The van der Waals surface area contributed by atoms with Crippen LogP contribution >= 0.6 is 23.2 Å². The summed E-state index contributed by atoms with van der Waals surface area (Å²) in [4.78, 5) is 10.5. The van der Waals surface area contributed by atoms with Crippen molar-refractivity contribution in [3.63, 3.8) is 0 Å². The topological polar surface area (TPSA) is 46.5 Å². The lowest BCUT2D eigenvalue weighted by atomic mass is 10.2. The van der Waals surface area contributed by atoms with Crippen molar-refractivity contribution in [2.24, 2.45) is 0 Å². The van der Waals surface area contributed by atoms with Gasteiger partial charge in [0.25, 0.3) is 0 Å². The van der Waals surface area contributed by atoms with Gasteiger partial charge in [-0.2, -0.15) is 0 Å². The van der Waals surface area contributed by atoms with Crippen molar-refractivity contribution in [1.82, 2.24) is 0 Å². The van der Waals surface area contributed by atoms with E-state index in [1.807, 2.05) is 0 Å². The van der Waals surface area contributed by atoms with E-state index in [0.29, 0.717) is 21.9 Å². The fraction of sp³-hybridized carbons (Fsp3) is 0.0625. The molecule has 2 aromatic rings. The molecule has 0 fully saturated rings. The van der Waals surface area contributed by atoms with Crippen molar-refractivity contribution in [3.05, 3.63) is 69.5 Å². The molecule has 3 nitrogen and oxygen atoms in total. The summed E-state index contributed by atoms with van der Waals surface area (Å²) in [5, 5.41) is 9.18. The van der Waals surface area contributed by atoms with E-state index < -0.39 is 11.8 Å². The van der Waals surface area contributed by atoms with Gasteiger partial charge in [0.15, 0.2) is 0 Å². The quantitative estimate of drug-likeness (QED) is 0.794. The molecule has 0 unspecified atom stereocenters. The van der Waals surface area contributed by atoms with E-state index in [1.54, 1.807) is 18.2 Å². The summed E-state index contributed by atoms with van der Waals surface area (Å²) in [5.41, 5.74) is 1.27. The fourth-order valence-corrected chi connectivity index (χ4v) is 2.16. The highest BCUT2D eigenvalue weighted by molar-refractivity contribution is 6.32. The van der Waals surface area contributed by atoms with Crippen LogP contribution in [0.4, 0.5) is 4.39 Å². The molecule has 0 radical (unpaired) electrons. The van der Waals surface area contributed by atoms with Crippen molar-refractivity contribution in [3.8, 4) is 5.75 Å². The maximum absolute atomic E-state index is 13.0. The third-order valence-electron chi connectivity index (χ3n) is 2.77. The Hall–Kier alpha value is -2.04. The Morgan fingerprint density at radius 2 is 1.95 bits per heavy atom. The lowest BCUT2D eigenvalue weighted by Crippen LogP contribution is -1.97.